The van der Waals surface area contributed by atoms with Crippen LogP contribution in [-0.2, 0) is 4.79 Å². The number of benzene rings is 2. The molecule has 0 aliphatic rings. The van der Waals surface area contributed by atoms with Crippen LogP contribution in [0.2, 0.25) is 0 Å². The monoisotopic (exact) mass is 291 g/mol. The van der Waals surface area contributed by atoms with Crippen molar-refractivity contribution in [2.45, 2.75) is 13.8 Å². The van der Waals surface area contributed by atoms with E-state index < -0.39 is 0 Å². The molecule has 1 aromatic heterocycles. The number of hydrogen-bond donors (Lipinski definition) is 1. The SMILES string of the molecule is Cc1ccc(NC(=O)C=Cc2cc3ccc(C)cc3o2)cc1. The summed E-state index contributed by atoms with van der Waals surface area (Å²) in [5, 5.41) is 3.85. The second-order valence-electron chi connectivity index (χ2n) is 5.38. The van der Waals surface area contributed by atoms with Gasteiger partial charge in [0.15, 0.2) is 0 Å². The van der Waals surface area contributed by atoms with Gasteiger partial charge in [0.1, 0.15) is 11.3 Å². The van der Waals surface area contributed by atoms with Gasteiger partial charge in [0.25, 0.3) is 0 Å². The van der Waals surface area contributed by atoms with Crippen molar-refractivity contribution in [2.75, 3.05) is 5.32 Å². The Morgan fingerprint density at radius 3 is 2.50 bits per heavy atom. The van der Waals surface area contributed by atoms with Crippen LogP contribution < -0.4 is 5.32 Å². The second kappa shape index (κ2) is 5.90. The molecule has 0 spiro atoms. The summed E-state index contributed by atoms with van der Waals surface area (Å²) in [6.45, 7) is 4.03. The minimum Gasteiger partial charge on any atom is -0.457 e. The topological polar surface area (TPSA) is 42.2 Å². The van der Waals surface area contributed by atoms with E-state index >= 15 is 0 Å². The fourth-order valence-corrected chi connectivity index (χ4v) is 2.22. The minimum absolute atomic E-state index is 0.180. The second-order valence-corrected chi connectivity index (χ2v) is 5.38. The average molecular weight is 291 g/mol. The lowest BCUT2D eigenvalue weighted by Crippen LogP contribution is -2.07. The average Bonchev–Trinajstić information content (AvgIpc) is 2.89. The van der Waals surface area contributed by atoms with Crippen molar-refractivity contribution in [3.63, 3.8) is 0 Å². The third-order valence-corrected chi connectivity index (χ3v) is 3.41. The van der Waals surface area contributed by atoms with Gasteiger partial charge in [0.2, 0.25) is 5.91 Å². The Labute approximate surface area is 129 Å². The smallest absolute Gasteiger partial charge is 0.248 e. The molecule has 22 heavy (non-hydrogen) atoms. The molecule has 1 heterocycles. The number of amides is 1. The Morgan fingerprint density at radius 2 is 1.73 bits per heavy atom. The zero-order valence-corrected chi connectivity index (χ0v) is 12.6. The minimum atomic E-state index is -0.180. The number of carbonyl (C=O) groups is 1. The Hall–Kier alpha value is -2.81. The molecule has 0 saturated carbocycles. The highest BCUT2D eigenvalue weighted by Gasteiger charge is 2.02. The highest BCUT2D eigenvalue weighted by Crippen LogP contribution is 2.21. The molecule has 3 heteroatoms. The number of nitrogens with one attached hydrogen (secondary N) is 1. The maximum absolute atomic E-state index is 11.9. The van der Waals surface area contributed by atoms with Crippen LogP contribution in [0.25, 0.3) is 17.0 Å². The summed E-state index contributed by atoms with van der Waals surface area (Å²) in [4.78, 5) is 11.9. The molecule has 0 atom stereocenters. The third kappa shape index (κ3) is 3.26. The van der Waals surface area contributed by atoms with Crippen molar-refractivity contribution < 1.29 is 9.21 Å². The lowest BCUT2D eigenvalue weighted by molar-refractivity contribution is -0.111. The molecule has 3 rings (SSSR count). The normalized spacial score (nSPS) is 11.2. The van der Waals surface area contributed by atoms with E-state index in [0.717, 1.165) is 27.8 Å². The number of rotatable bonds is 3. The van der Waals surface area contributed by atoms with E-state index in [1.165, 1.54) is 6.08 Å². The van der Waals surface area contributed by atoms with Crippen molar-refractivity contribution in [3.8, 4) is 0 Å². The molecule has 110 valence electrons. The first kappa shape index (κ1) is 14.1. The van der Waals surface area contributed by atoms with Gasteiger partial charge in [-0.15, -0.1) is 0 Å². The molecule has 0 aliphatic carbocycles. The molecule has 0 radical (unpaired) electrons. The van der Waals surface area contributed by atoms with Gasteiger partial charge in [-0.25, -0.2) is 0 Å². The molecule has 1 N–H and O–H groups in total. The van der Waals surface area contributed by atoms with E-state index in [9.17, 15) is 4.79 Å². The van der Waals surface area contributed by atoms with E-state index in [4.69, 9.17) is 4.42 Å². The molecule has 3 nitrogen and oxygen atoms in total. The highest BCUT2D eigenvalue weighted by atomic mass is 16.3. The van der Waals surface area contributed by atoms with Gasteiger partial charge in [0, 0.05) is 17.1 Å². The zero-order valence-electron chi connectivity index (χ0n) is 12.6. The predicted octanol–water partition coefficient (Wildman–Crippen LogP) is 4.70. The summed E-state index contributed by atoms with van der Waals surface area (Å²) in [6.07, 6.45) is 3.16. The summed E-state index contributed by atoms with van der Waals surface area (Å²) in [5.74, 6) is 0.486. The molecule has 1 amide bonds. The van der Waals surface area contributed by atoms with Crippen LogP contribution in [0, 0.1) is 13.8 Å². The van der Waals surface area contributed by atoms with Crippen LogP contribution in [-0.4, -0.2) is 5.91 Å². The Morgan fingerprint density at radius 1 is 1.00 bits per heavy atom. The fraction of sp³-hybridized carbons (Fsp3) is 0.105. The van der Waals surface area contributed by atoms with Crippen molar-refractivity contribution in [1.82, 2.24) is 0 Å². The number of fused-ring (bicyclic) bond motifs is 1. The van der Waals surface area contributed by atoms with Crippen LogP contribution in [0.15, 0.2) is 59.0 Å². The first-order valence-electron chi connectivity index (χ1n) is 7.16. The third-order valence-electron chi connectivity index (χ3n) is 3.41. The standard InChI is InChI=1S/C19H17NO2/c1-13-4-7-16(8-5-13)20-19(21)10-9-17-12-15-6-3-14(2)11-18(15)22-17/h3-12H,1-2H3,(H,20,21). The molecule has 0 bridgehead atoms. The quantitative estimate of drug-likeness (QED) is 0.711. The van der Waals surface area contributed by atoms with Crippen LogP contribution >= 0.6 is 0 Å². The van der Waals surface area contributed by atoms with Crippen molar-refractivity contribution in [2.24, 2.45) is 0 Å². The first-order valence-corrected chi connectivity index (χ1v) is 7.16. The molecular weight excluding hydrogens is 274 g/mol. The largest absolute Gasteiger partial charge is 0.457 e. The van der Waals surface area contributed by atoms with Crippen LogP contribution in [0.4, 0.5) is 5.69 Å². The summed E-state index contributed by atoms with van der Waals surface area (Å²) < 4.78 is 5.70. The predicted molar refractivity (Wildman–Crippen MR) is 89.8 cm³/mol. The van der Waals surface area contributed by atoms with Crippen LogP contribution in [0.1, 0.15) is 16.9 Å². The summed E-state index contributed by atoms with van der Waals surface area (Å²) in [6, 6.07) is 15.6. The van der Waals surface area contributed by atoms with Gasteiger partial charge in [-0.05, 0) is 49.8 Å². The molecule has 0 aliphatic heterocycles. The number of carbonyl (C=O) groups excluding carboxylic acids is 1. The van der Waals surface area contributed by atoms with E-state index in [1.807, 2.05) is 62.4 Å². The van der Waals surface area contributed by atoms with Crippen LogP contribution in [0.3, 0.4) is 0 Å². The van der Waals surface area contributed by atoms with Gasteiger partial charge in [-0.3, -0.25) is 4.79 Å². The molecule has 0 fully saturated rings. The maximum atomic E-state index is 11.9. The number of anilines is 1. The Kier molecular flexibility index (Phi) is 3.79. The first-order chi connectivity index (χ1) is 10.6. The fourth-order valence-electron chi connectivity index (χ4n) is 2.22. The lowest BCUT2D eigenvalue weighted by Gasteiger charge is -2.01. The van der Waals surface area contributed by atoms with Crippen molar-refractivity contribution in [1.29, 1.82) is 0 Å². The van der Waals surface area contributed by atoms with Gasteiger partial charge in [-0.1, -0.05) is 29.8 Å². The Balaban J connectivity index is 1.71. The summed E-state index contributed by atoms with van der Waals surface area (Å²) in [5.41, 5.74) is 3.92. The zero-order chi connectivity index (χ0) is 15.5. The number of furan rings is 1. The van der Waals surface area contributed by atoms with E-state index in [0.29, 0.717) is 5.76 Å². The van der Waals surface area contributed by atoms with E-state index in [2.05, 4.69) is 5.32 Å². The molecule has 0 saturated heterocycles. The van der Waals surface area contributed by atoms with Crippen molar-refractivity contribution >= 4 is 28.6 Å². The van der Waals surface area contributed by atoms with E-state index in [-0.39, 0.29) is 5.91 Å². The highest BCUT2D eigenvalue weighted by molar-refractivity contribution is 6.02. The number of hydrogen-bond acceptors (Lipinski definition) is 2. The molecule has 3 aromatic rings. The van der Waals surface area contributed by atoms with Gasteiger partial charge in [0.05, 0.1) is 0 Å². The molecule has 0 unspecified atom stereocenters. The summed E-state index contributed by atoms with van der Waals surface area (Å²) >= 11 is 0. The Bertz CT molecular complexity index is 842. The van der Waals surface area contributed by atoms with Gasteiger partial charge >= 0.3 is 0 Å². The van der Waals surface area contributed by atoms with Gasteiger partial charge in [-0.2, -0.15) is 0 Å². The maximum Gasteiger partial charge on any atom is 0.248 e. The number of aryl methyl sites for hydroxylation is 2. The summed E-state index contributed by atoms with van der Waals surface area (Å²) in [7, 11) is 0. The lowest BCUT2D eigenvalue weighted by atomic mass is 10.2. The van der Waals surface area contributed by atoms with Gasteiger partial charge < -0.3 is 9.73 Å². The van der Waals surface area contributed by atoms with Crippen molar-refractivity contribution in [3.05, 3.63) is 71.5 Å². The molecular formula is C19H17NO2. The molecule has 2 aromatic carbocycles. The van der Waals surface area contributed by atoms with E-state index in [1.54, 1.807) is 6.08 Å². The van der Waals surface area contributed by atoms with Crippen LogP contribution in [0.5, 0.6) is 0 Å².